The molecule has 19 heavy (non-hydrogen) atoms. The van der Waals surface area contributed by atoms with E-state index in [-0.39, 0.29) is 24.1 Å². The van der Waals surface area contributed by atoms with E-state index in [2.05, 4.69) is 5.32 Å². The zero-order valence-electron chi connectivity index (χ0n) is 11.4. The minimum Gasteiger partial charge on any atom is -0.481 e. The molecule has 0 aromatic carbocycles. The van der Waals surface area contributed by atoms with E-state index in [0.29, 0.717) is 11.8 Å². The van der Waals surface area contributed by atoms with Crippen molar-refractivity contribution in [3.8, 4) is 0 Å². The summed E-state index contributed by atoms with van der Waals surface area (Å²) in [5.41, 5.74) is 0. The number of nitrogens with one attached hydrogen (secondary N) is 1. The molecule has 4 nitrogen and oxygen atoms in total. The van der Waals surface area contributed by atoms with Crippen molar-refractivity contribution in [3.05, 3.63) is 0 Å². The molecule has 4 heteroatoms. The van der Waals surface area contributed by atoms with Gasteiger partial charge in [-0.25, -0.2) is 0 Å². The fraction of sp³-hybridized carbons (Fsp3) is 0.933. The second-order valence-electron chi connectivity index (χ2n) is 6.70. The van der Waals surface area contributed by atoms with Gasteiger partial charge in [0.1, 0.15) is 0 Å². The van der Waals surface area contributed by atoms with Crippen LogP contribution in [0.15, 0.2) is 0 Å². The number of rotatable bonds is 3. The highest BCUT2D eigenvalue weighted by Gasteiger charge is 2.51. The molecule has 0 spiro atoms. The number of aliphatic carboxylic acids is 1. The number of aliphatic hydroxyl groups excluding tert-OH is 1. The predicted octanol–water partition coefficient (Wildman–Crippen LogP) is 1.77. The lowest BCUT2D eigenvalue weighted by molar-refractivity contribution is -0.144. The summed E-state index contributed by atoms with van der Waals surface area (Å²) in [6, 6.07) is 0.197. The topological polar surface area (TPSA) is 69.6 Å². The molecular formula is C15H25NO3. The molecule has 0 saturated heterocycles. The third-order valence-corrected chi connectivity index (χ3v) is 5.59. The maximum Gasteiger partial charge on any atom is 0.308 e. The van der Waals surface area contributed by atoms with E-state index in [1.165, 1.54) is 6.42 Å². The Morgan fingerprint density at radius 1 is 1.00 bits per heavy atom. The first-order chi connectivity index (χ1) is 9.16. The number of hydrogen-bond acceptors (Lipinski definition) is 3. The lowest BCUT2D eigenvalue weighted by atomic mass is 9.83. The van der Waals surface area contributed by atoms with E-state index in [1.54, 1.807) is 0 Å². The molecule has 2 bridgehead atoms. The third kappa shape index (κ3) is 2.52. The summed E-state index contributed by atoms with van der Waals surface area (Å²) < 4.78 is 0. The second-order valence-corrected chi connectivity index (χ2v) is 6.70. The maximum atomic E-state index is 11.5. The Hall–Kier alpha value is -0.610. The number of aliphatic hydroxyl groups is 1. The van der Waals surface area contributed by atoms with Crippen LogP contribution in [0.2, 0.25) is 0 Å². The van der Waals surface area contributed by atoms with Gasteiger partial charge in [-0.1, -0.05) is 19.3 Å². The zero-order valence-corrected chi connectivity index (χ0v) is 11.4. The number of carboxylic acid groups (broad SMARTS) is 1. The molecule has 3 aliphatic carbocycles. The smallest absolute Gasteiger partial charge is 0.308 e. The van der Waals surface area contributed by atoms with Crippen molar-refractivity contribution in [1.82, 2.24) is 5.32 Å². The molecule has 0 aromatic heterocycles. The van der Waals surface area contributed by atoms with Crippen LogP contribution in [-0.4, -0.2) is 34.4 Å². The number of hydrogen-bond donors (Lipinski definition) is 3. The van der Waals surface area contributed by atoms with Crippen LogP contribution in [0.5, 0.6) is 0 Å². The summed E-state index contributed by atoms with van der Waals surface area (Å²) in [4.78, 5) is 11.5. The lowest BCUT2D eigenvalue weighted by Gasteiger charge is -2.34. The van der Waals surface area contributed by atoms with Crippen molar-refractivity contribution >= 4 is 5.97 Å². The largest absolute Gasteiger partial charge is 0.481 e. The molecule has 3 aliphatic rings. The van der Waals surface area contributed by atoms with Gasteiger partial charge in [0, 0.05) is 12.1 Å². The van der Waals surface area contributed by atoms with Crippen LogP contribution in [0.3, 0.4) is 0 Å². The van der Waals surface area contributed by atoms with Crippen LogP contribution in [0.25, 0.3) is 0 Å². The van der Waals surface area contributed by atoms with Crippen LogP contribution in [-0.2, 0) is 4.79 Å². The average Bonchev–Trinajstić information content (AvgIpc) is 2.91. The fourth-order valence-corrected chi connectivity index (χ4v) is 4.62. The van der Waals surface area contributed by atoms with Gasteiger partial charge in [-0.05, 0) is 43.9 Å². The van der Waals surface area contributed by atoms with Crippen molar-refractivity contribution in [1.29, 1.82) is 0 Å². The average molecular weight is 267 g/mol. The molecule has 0 aliphatic heterocycles. The third-order valence-electron chi connectivity index (χ3n) is 5.59. The normalized spacial score (nSPS) is 46.2. The SMILES string of the molecule is O=C(O)C1C2CCC(C2)C1NC1CCCCCC1O. The van der Waals surface area contributed by atoms with E-state index in [0.717, 1.165) is 44.9 Å². The van der Waals surface area contributed by atoms with Crippen molar-refractivity contribution in [2.24, 2.45) is 17.8 Å². The first-order valence-electron chi connectivity index (χ1n) is 7.83. The summed E-state index contributed by atoms with van der Waals surface area (Å²) in [6.07, 6.45) is 8.29. The Bertz CT molecular complexity index is 346. The second kappa shape index (κ2) is 5.41. The standard InChI is InChI=1S/C15H25NO3/c17-12-5-3-1-2-4-11(12)16-14-10-7-6-9(8-10)13(14)15(18)19/h9-14,16-17H,1-8H2,(H,18,19). The van der Waals surface area contributed by atoms with Crippen LogP contribution >= 0.6 is 0 Å². The molecule has 108 valence electrons. The van der Waals surface area contributed by atoms with E-state index in [1.807, 2.05) is 0 Å². The highest BCUT2D eigenvalue weighted by Crippen LogP contribution is 2.49. The lowest BCUT2D eigenvalue weighted by Crippen LogP contribution is -2.52. The summed E-state index contributed by atoms with van der Waals surface area (Å²) in [5, 5.41) is 23.2. The van der Waals surface area contributed by atoms with Crippen LogP contribution < -0.4 is 5.32 Å². The molecule has 3 N–H and O–H groups in total. The Labute approximate surface area is 114 Å². The van der Waals surface area contributed by atoms with Gasteiger partial charge in [0.2, 0.25) is 0 Å². The first kappa shape index (κ1) is 13.4. The molecule has 3 fully saturated rings. The highest BCUT2D eigenvalue weighted by molar-refractivity contribution is 5.72. The van der Waals surface area contributed by atoms with Gasteiger partial charge in [-0.3, -0.25) is 4.79 Å². The molecule has 3 rings (SSSR count). The van der Waals surface area contributed by atoms with E-state index >= 15 is 0 Å². The molecule has 6 unspecified atom stereocenters. The van der Waals surface area contributed by atoms with Gasteiger partial charge in [0.05, 0.1) is 12.0 Å². The molecule has 0 aromatic rings. The molecule has 0 radical (unpaired) electrons. The fourth-order valence-electron chi connectivity index (χ4n) is 4.62. The van der Waals surface area contributed by atoms with Crippen LogP contribution in [0, 0.1) is 17.8 Å². The van der Waals surface area contributed by atoms with E-state index in [9.17, 15) is 15.0 Å². The van der Waals surface area contributed by atoms with Gasteiger partial charge >= 0.3 is 5.97 Å². The summed E-state index contributed by atoms with van der Waals surface area (Å²) in [5.74, 6) is 0.00601. The minimum atomic E-state index is -0.646. The van der Waals surface area contributed by atoms with E-state index in [4.69, 9.17) is 0 Å². The maximum absolute atomic E-state index is 11.5. The van der Waals surface area contributed by atoms with Crippen molar-refractivity contribution < 1.29 is 15.0 Å². The molecule has 6 atom stereocenters. The Morgan fingerprint density at radius 3 is 2.53 bits per heavy atom. The molecular weight excluding hydrogens is 242 g/mol. The molecule has 0 amide bonds. The van der Waals surface area contributed by atoms with Crippen molar-refractivity contribution in [2.75, 3.05) is 0 Å². The highest BCUT2D eigenvalue weighted by atomic mass is 16.4. The number of carboxylic acids is 1. The Balaban J connectivity index is 1.69. The number of carbonyl (C=O) groups is 1. The summed E-state index contributed by atoms with van der Waals surface area (Å²) in [7, 11) is 0. The Morgan fingerprint density at radius 2 is 1.74 bits per heavy atom. The van der Waals surface area contributed by atoms with Crippen molar-refractivity contribution in [2.45, 2.75) is 69.6 Å². The summed E-state index contributed by atoms with van der Waals surface area (Å²) in [6.45, 7) is 0. The molecule has 0 heterocycles. The predicted molar refractivity (Wildman–Crippen MR) is 71.8 cm³/mol. The number of fused-ring (bicyclic) bond motifs is 2. The van der Waals surface area contributed by atoms with Gasteiger partial charge < -0.3 is 15.5 Å². The van der Waals surface area contributed by atoms with Gasteiger partial charge in [-0.2, -0.15) is 0 Å². The summed E-state index contributed by atoms with van der Waals surface area (Å²) >= 11 is 0. The van der Waals surface area contributed by atoms with Crippen LogP contribution in [0.4, 0.5) is 0 Å². The van der Waals surface area contributed by atoms with Gasteiger partial charge in [0.25, 0.3) is 0 Å². The van der Waals surface area contributed by atoms with Crippen molar-refractivity contribution in [3.63, 3.8) is 0 Å². The quantitative estimate of drug-likeness (QED) is 0.682. The van der Waals surface area contributed by atoms with Crippen LogP contribution in [0.1, 0.15) is 51.4 Å². The van der Waals surface area contributed by atoms with Gasteiger partial charge in [-0.15, -0.1) is 0 Å². The molecule has 3 saturated carbocycles. The van der Waals surface area contributed by atoms with Gasteiger partial charge in [0.15, 0.2) is 0 Å². The first-order valence-corrected chi connectivity index (χ1v) is 7.83. The Kier molecular flexibility index (Phi) is 3.81. The zero-order chi connectivity index (χ0) is 13.4. The monoisotopic (exact) mass is 267 g/mol. The minimum absolute atomic E-state index is 0.0917. The van der Waals surface area contributed by atoms with E-state index < -0.39 is 5.97 Å².